The normalized spacial score (nSPS) is 12.8. The van der Waals surface area contributed by atoms with E-state index in [2.05, 4.69) is 0 Å². The van der Waals surface area contributed by atoms with Gasteiger partial charge in [0.25, 0.3) is 0 Å². The van der Waals surface area contributed by atoms with Gasteiger partial charge in [0.15, 0.2) is 0 Å². The summed E-state index contributed by atoms with van der Waals surface area (Å²) in [7, 11) is 0. The molecule has 2 heteroatoms. The van der Waals surface area contributed by atoms with Gasteiger partial charge in [-0.25, -0.2) is 0 Å². The van der Waals surface area contributed by atoms with Crippen molar-refractivity contribution in [2.45, 2.75) is 12.2 Å². The first-order valence-electron chi connectivity index (χ1n) is 11.5. The molecule has 0 fully saturated rings. The van der Waals surface area contributed by atoms with Crippen LogP contribution in [0.1, 0.15) is 34.5 Å². The fourth-order valence-corrected chi connectivity index (χ4v) is 4.45. The van der Waals surface area contributed by atoms with Crippen molar-refractivity contribution in [1.29, 1.82) is 0 Å². The van der Waals surface area contributed by atoms with Gasteiger partial charge in [-0.3, -0.25) is 0 Å². The molecule has 0 heterocycles. The van der Waals surface area contributed by atoms with E-state index >= 15 is 0 Å². The smallest absolute Gasteiger partial charge is 0.105 e. The van der Waals surface area contributed by atoms with Gasteiger partial charge in [0.2, 0.25) is 0 Å². The van der Waals surface area contributed by atoms with Gasteiger partial charge in [0.1, 0.15) is 12.2 Å². The summed E-state index contributed by atoms with van der Waals surface area (Å²) < 4.78 is 0. The van der Waals surface area contributed by atoms with E-state index in [1.807, 2.05) is 133 Å². The van der Waals surface area contributed by atoms with Crippen LogP contribution in [0.2, 0.25) is 0 Å². The van der Waals surface area contributed by atoms with Gasteiger partial charge < -0.3 is 10.2 Å². The molecule has 0 aromatic heterocycles. The third-order valence-corrected chi connectivity index (χ3v) is 6.21. The molecule has 2 atom stereocenters. The zero-order valence-electron chi connectivity index (χ0n) is 18.8. The average Bonchev–Trinajstić information content (AvgIpc) is 2.93. The van der Waals surface area contributed by atoms with E-state index in [-0.39, 0.29) is 0 Å². The van der Waals surface area contributed by atoms with Gasteiger partial charge in [-0.2, -0.15) is 0 Å². The summed E-state index contributed by atoms with van der Waals surface area (Å²) in [6.45, 7) is 0. The maximum atomic E-state index is 11.5. The first-order valence-corrected chi connectivity index (χ1v) is 11.5. The number of aliphatic hydroxyl groups is 2. The molecule has 0 amide bonds. The fourth-order valence-electron chi connectivity index (χ4n) is 4.45. The fraction of sp³-hybridized carbons (Fsp3) is 0.0625. The lowest BCUT2D eigenvalue weighted by molar-refractivity contribution is 0.217. The summed E-state index contributed by atoms with van der Waals surface area (Å²) in [4.78, 5) is 0. The molecule has 5 rings (SSSR count). The van der Waals surface area contributed by atoms with Crippen LogP contribution in [-0.4, -0.2) is 10.2 Å². The largest absolute Gasteiger partial charge is 0.384 e. The van der Waals surface area contributed by atoms with Gasteiger partial charge in [-0.1, -0.05) is 121 Å². The van der Waals surface area contributed by atoms with Crippen molar-refractivity contribution >= 4 is 0 Å². The monoisotopic (exact) mass is 442 g/mol. The quantitative estimate of drug-likeness (QED) is 0.292. The highest BCUT2D eigenvalue weighted by molar-refractivity contribution is 5.78. The van der Waals surface area contributed by atoms with E-state index < -0.39 is 12.2 Å². The Kier molecular flexibility index (Phi) is 6.35. The van der Waals surface area contributed by atoms with E-state index in [0.29, 0.717) is 0 Å². The molecular weight excluding hydrogens is 416 g/mol. The zero-order valence-corrected chi connectivity index (χ0v) is 18.8. The lowest BCUT2D eigenvalue weighted by atomic mass is 9.84. The van der Waals surface area contributed by atoms with Gasteiger partial charge >= 0.3 is 0 Å². The van der Waals surface area contributed by atoms with E-state index in [1.54, 1.807) is 0 Å². The summed E-state index contributed by atoms with van der Waals surface area (Å²) in [5.41, 5.74) is 7.07. The third kappa shape index (κ3) is 4.42. The van der Waals surface area contributed by atoms with Crippen LogP contribution in [0.15, 0.2) is 133 Å². The molecule has 5 aromatic carbocycles. The molecule has 0 aliphatic rings. The second-order valence-corrected chi connectivity index (χ2v) is 8.39. The molecule has 0 aliphatic heterocycles. The topological polar surface area (TPSA) is 40.5 Å². The van der Waals surface area contributed by atoms with Crippen molar-refractivity contribution < 1.29 is 10.2 Å². The van der Waals surface area contributed by atoms with Crippen LogP contribution in [-0.2, 0) is 0 Å². The number of aliphatic hydroxyl groups excluding tert-OH is 2. The van der Waals surface area contributed by atoms with Crippen LogP contribution in [0, 0.1) is 0 Å². The Morgan fingerprint density at radius 3 is 1.00 bits per heavy atom. The van der Waals surface area contributed by atoms with Gasteiger partial charge in [-0.05, 0) is 56.6 Å². The van der Waals surface area contributed by atoms with Gasteiger partial charge in [0, 0.05) is 0 Å². The maximum absolute atomic E-state index is 11.5. The standard InChI is InChI=1S/C32H26O2/c33-31(25-17-9-3-10-18-25)29-22-28(24-15-7-2-8-16-24)30(32(34)26-19-11-4-12-20-26)21-27(29)23-13-5-1-6-14-23/h1-22,31-34H. The lowest BCUT2D eigenvalue weighted by Crippen LogP contribution is -2.07. The maximum Gasteiger partial charge on any atom is 0.105 e. The molecule has 34 heavy (non-hydrogen) atoms. The molecular formula is C32H26O2. The van der Waals surface area contributed by atoms with Crippen molar-refractivity contribution in [3.05, 3.63) is 156 Å². The van der Waals surface area contributed by atoms with Crippen LogP contribution in [0.25, 0.3) is 22.3 Å². The Morgan fingerprint density at radius 1 is 0.382 bits per heavy atom. The molecule has 0 radical (unpaired) electrons. The van der Waals surface area contributed by atoms with Crippen LogP contribution >= 0.6 is 0 Å². The van der Waals surface area contributed by atoms with Crippen LogP contribution in [0.4, 0.5) is 0 Å². The molecule has 2 unspecified atom stereocenters. The Hall–Kier alpha value is -3.98. The van der Waals surface area contributed by atoms with Crippen LogP contribution in [0.5, 0.6) is 0 Å². The number of hydrogen-bond acceptors (Lipinski definition) is 2. The number of hydrogen-bond donors (Lipinski definition) is 2. The van der Waals surface area contributed by atoms with Crippen LogP contribution in [0.3, 0.4) is 0 Å². The molecule has 0 spiro atoms. The van der Waals surface area contributed by atoms with Crippen LogP contribution < -0.4 is 0 Å². The number of benzene rings is 5. The highest BCUT2D eigenvalue weighted by atomic mass is 16.3. The third-order valence-electron chi connectivity index (χ3n) is 6.21. The Bertz CT molecular complexity index is 1240. The zero-order chi connectivity index (χ0) is 23.3. The minimum absolute atomic E-state index is 0.804. The van der Waals surface area contributed by atoms with Crippen molar-refractivity contribution in [2.75, 3.05) is 0 Å². The Labute approximate surface area is 200 Å². The molecule has 0 bridgehead atoms. The minimum Gasteiger partial charge on any atom is -0.384 e. The predicted octanol–water partition coefficient (Wildman–Crippen LogP) is 7.18. The summed E-state index contributed by atoms with van der Waals surface area (Å²) in [6, 6.07) is 43.6. The van der Waals surface area contributed by atoms with Crippen molar-refractivity contribution in [1.82, 2.24) is 0 Å². The Balaban J connectivity index is 1.77. The Morgan fingerprint density at radius 2 is 0.676 bits per heavy atom. The second kappa shape index (κ2) is 9.88. The van der Waals surface area contributed by atoms with E-state index in [0.717, 1.165) is 44.5 Å². The summed E-state index contributed by atoms with van der Waals surface area (Å²) in [5.74, 6) is 0. The molecule has 0 aliphatic carbocycles. The average molecular weight is 443 g/mol. The summed E-state index contributed by atoms with van der Waals surface area (Å²) in [5, 5.41) is 23.0. The van der Waals surface area contributed by atoms with Gasteiger partial charge in [0.05, 0.1) is 0 Å². The first kappa shape index (κ1) is 21.8. The van der Waals surface area contributed by atoms with E-state index in [1.165, 1.54) is 0 Å². The molecule has 166 valence electrons. The molecule has 0 saturated heterocycles. The molecule has 5 aromatic rings. The van der Waals surface area contributed by atoms with Crippen molar-refractivity contribution in [3.8, 4) is 22.3 Å². The van der Waals surface area contributed by atoms with Gasteiger partial charge in [-0.15, -0.1) is 0 Å². The summed E-state index contributed by atoms with van der Waals surface area (Å²) in [6.07, 6.45) is -1.61. The predicted molar refractivity (Wildman–Crippen MR) is 138 cm³/mol. The SMILES string of the molecule is OC(c1ccccc1)c1cc(-c2ccccc2)c(C(O)c2ccccc2)cc1-c1ccccc1. The van der Waals surface area contributed by atoms with Crippen molar-refractivity contribution in [2.24, 2.45) is 0 Å². The van der Waals surface area contributed by atoms with E-state index in [4.69, 9.17) is 0 Å². The number of rotatable bonds is 6. The minimum atomic E-state index is -0.804. The molecule has 2 nitrogen and oxygen atoms in total. The first-order chi connectivity index (χ1) is 16.7. The lowest BCUT2D eigenvalue weighted by Gasteiger charge is -2.23. The highest BCUT2D eigenvalue weighted by Crippen LogP contribution is 2.40. The summed E-state index contributed by atoms with van der Waals surface area (Å²) >= 11 is 0. The molecule has 2 N–H and O–H groups in total. The molecule has 0 saturated carbocycles. The highest BCUT2D eigenvalue weighted by Gasteiger charge is 2.23. The second-order valence-electron chi connectivity index (χ2n) is 8.39. The van der Waals surface area contributed by atoms with Crippen molar-refractivity contribution in [3.63, 3.8) is 0 Å². The van der Waals surface area contributed by atoms with E-state index in [9.17, 15) is 10.2 Å².